The van der Waals surface area contributed by atoms with Crippen LogP contribution in [0.15, 0.2) is 0 Å². The van der Waals surface area contributed by atoms with Gasteiger partial charge in [0.2, 0.25) is 0 Å². The van der Waals surface area contributed by atoms with Gasteiger partial charge >= 0.3 is 118 Å². The number of hydrogen-bond donors (Lipinski definition) is 0. The standard InChI is InChI=1S/Al.Ca.3FH.Li.Sr.5H/h;;3*1H;;;;;;;/q+3;+2;;;;+1;+2;5*-1/p-3. The summed E-state index contributed by atoms with van der Waals surface area (Å²) in [6, 6.07) is 0. The first-order chi connectivity index (χ1) is 1.73. The minimum absolute atomic E-state index is 0. The van der Waals surface area contributed by atoms with Gasteiger partial charge in [-0.2, -0.15) is 0 Å². The van der Waals surface area contributed by atoms with Gasteiger partial charge in [0.15, 0.2) is 0 Å². The summed E-state index contributed by atoms with van der Waals surface area (Å²) in [5, 5.41) is 0. The average molecular weight is 224 g/mol. The van der Waals surface area contributed by atoms with Gasteiger partial charge in [0.1, 0.15) is 0 Å². The van der Waals surface area contributed by atoms with Crippen molar-refractivity contribution in [2.45, 2.75) is 0 Å². The van der Waals surface area contributed by atoms with Gasteiger partial charge in [-0.1, -0.05) is 0 Å². The second-order valence-electron chi connectivity index (χ2n) is 0.247. The van der Waals surface area contributed by atoms with Gasteiger partial charge in [0.05, 0.1) is 0 Å². The normalized spacial score (nSPS) is 3.86. The fourth-order valence-corrected chi connectivity index (χ4v) is 0. The third kappa shape index (κ3) is 42.3. The summed E-state index contributed by atoms with van der Waals surface area (Å²) < 4.78 is 29.4. The van der Waals surface area contributed by atoms with E-state index in [1.807, 2.05) is 0 Å². The number of hydrogen-bond acceptors (Lipinski definition) is 0. The predicted octanol–water partition coefficient (Wildman–Crippen LogP) is -2.32. The molecular weight excluding hydrogens is 219 g/mol. The van der Waals surface area contributed by atoms with Crippen LogP contribution in [0.25, 0.3) is 0 Å². The number of rotatable bonds is 0. The Morgan fingerprint density at radius 3 is 1.14 bits per heavy atom. The van der Waals surface area contributed by atoms with Gasteiger partial charge in [-0.3, -0.25) is 0 Å². The maximum atomic E-state index is 9.81. The van der Waals surface area contributed by atoms with Gasteiger partial charge in [-0.05, 0) is 0 Å². The molecule has 0 N–H and O–H groups in total. The Morgan fingerprint density at radius 2 is 1.14 bits per heavy atom. The molecule has 0 amide bonds. The second kappa shape index (κ2) is 16.3. The van der Waals surface area contributed by atoms with Crippen LogP contribution < -0.4 is 18.9 Å². The molecule has 34 valence electrons. The van der Waals surface area contributed by atoms with Gasteiger partial charge in [0.25, 0.3) is 0 Å². The average Bonchev–Trinajstić information content (AvgIpc) is 0.811. The van der Waals surface area contributed by atoms with E-state index in [1.165, 1.54) is 0 Å². The molecule has 0 nitrogen and oxygen atoms in total. The third-order valence-corrected chi connectivity index (χ3v) is 0. The molecule has 0 aliphatic carbocycles. The van der Waals surface area contributed by atoms with Crippen molar-refractivity contribution in [1.82, 2.24) is 0 Å². The quantitative estimate of drug-likeness (QED) is 0.405. The largest absolute Gasteiger partial charge is 2.00 e. The summed E-state index contributed by atoms with van der Waals surface area (Å²) >= 11 is -4.64. The monoisotopic (exact) mass is 224 g/mol. The van der Waals surface area contributed by atoms with Crippen molar-refractivity contribution in [3.05, 3.63) is 0 Å². The molecule has 0 aliphatic heterocycles. The molecule has 0 fully saturated rings. The van der Waals surface area contributed by atoms with Gasteiger partial charge in [-0.15, -0.1) is 0 Å². The zero-order chi connectivity index (χ0) is 3.58. The summed E-state index contributed by atoms with van der Waals surface area (Å²) in [4.78, 5) is 0. The van der Waals surface area contributed by atoms with E-state index in [2.05, 4.69) is 0 Å². The Bertz CT molecular complexity index is 31.4. The summed E-state index contributed by atoms with van der Waals surface area (Å²) in [5.74, 6) is 0. The molecule has 0 aromatic carbocycles. The first kappa shape index (κ1) is 22.4. The van der Waals surface area contributed by atoms with E-state index in [0.29, 0.717) is 0 Å². The zero-order valence-electron chi connectivity index (χ0n) is 9.13. The molecule has 0 atom stereocenters. The van der Waals surface area contributed by atoms with Crippen LogP contribution in [0, 0.1) is 0 Å². The molecule has 0 bridgehead atoms. The van der Waals surface area contributed by atoms with Crippen molar-refractivity contribution in [2.24, 2.45) is 0 Å². The zero-order valence-corrected chi connectivity index (χ0v) is 11.0. The van der Waals surface area contributed by atoms with Crippen LogP contribution in [-0.4, -0.2) is 98.7 Å². The molecule has 0 rings (SSSR count). The minimum Gasteiger partial charge on any atom is -1.00 e. The Labute approximate surface area is 132 Å². The fourth-order valence-electron chi connectivity index (χ4n) is 0. The molecule has 7 heavy (non-hydrogen) atoms. The molecule has 0 aromatic rings. The van der Waals surface area contributed by atoms with Crippen LogP contribution in [-0.2, 0) is 0 Å². The molecule has 0 saturated heterocycles. The fraction of sp³-hybridized carbons (Fsp3) is 0. The molecule has 7 heteroatoms. The van der Waals surface area contributed by atoms with Crippen LogP contribution >= 0.6 is 0 Å². The summed E-state index contributed by atoms with van der Waals surface area (Å²) in [6.45, 7) is 0. The first-order valence-electron chi connectivity index (χ1n) is 0.655. The van der Waals surface area contributed by atoms with Crippen molar-refractivity contribution < 1.29 is 36.6 Å². The molecule has 0 unspecified atom stereocenters. The summed E-state index contributed by atoms with van der Waals surface area (Å²) in [6.07, 6.45) is 0. The Kier molecular flexibility index (Phi) is 52.3. The van der Waals surface area contributed by atoms with Gasteiger partial charge in [-0.25, -0.2) is 0 Å². The Balaban J connectivity index is -0.00000000161. The smallest absolute Gasteiger partial charge is 1.00 e. The van der Waals surface area contributed by atoms with Crippen molar-refractivity contribution in [3.8, 4) is 0 Å². The van der Waals surface area contributed by atoms with Crippen molar-refractivity contribution in [3.63, 3.8) is 0 Å². The van der Waals surface area contributed by atoms with E-state index in [1.54, 1.807) is 0 Å². The number of halogens is 3. The van der Waals surface area contributed by atoms with E-state index >= 15 is 0 Å². The van der Waals surface area contributed by atoms with E-state index in [4.69, 9.17) is 0 Å². The molecular formula is H5AlCaF3LiSr. The Hall–Kier alpha value is 3.66. The van der Waals surface area contributed by atoms with Crippen LogP contribution in [0.2, 0.25) is 0 Å². The van der Waals surface area contributed by atoms with Gasteiger partial charge < -0.3 is 17.7 Å². The minimum atomic E-state index is -4.64. The van der Waals surface area contributed by atoms with Gasteiger partial charge in [0, 0.05) is 0 Å². The molecule has 0 saturated carbocycles. The van der Waals surface area contributed by atoms with Crippen LogP contribution in [0.4, 0.5) is 10.6 Å². The van der Waals surface area contributed by atoms with Crippen molar-refractivity contribution in [2.75, 3.05) is 0 Å². The molecule has 0 radical (unpaired) electrons. The maximum Gasteiger partial charge on any atom is 2.00 e. The second-order valence-corrected chi connectivity index (χ2v) is 0.742. The van der Waals surface area contributed by atoms with Crippen LogP contribution in [0.1, 0.15) is 7.13 Å². The Morgan fingerprint density at radius 1 is 1.14 bits per heavy atom. The molecule has 0 spiro atoms. The molecule has 0 heterocycles. The van der Waals surface area contributed by atoms with Crippen molar-refractivity contribution >= 4 is 98.7 Å². The summed E-state index contributed by atoms with van der Waals surface area (Å²) in [7, 11) is 0. The topological polar surface area (TPSA) is 0 Å². The van der Waals surface area contributed by atoms with E-state index in [0.717, 1.165) is 0 Å². The molecule has 0 aromatic heterocycles. The third-order valence-electron chi connectivity index (χ3n) is 0. The van der Waals surface area contributed by atoms with E-state index < -0.39 is 15.5 Å². The van der Waals surface area contributed by atoms with Crippen LogP contribution in [0.3, 0.4) is 0 Å². The van der Waals surface area contributed by atoms with E-state index in [-0.39, 0.29) is 109 Å². The van der Waals surface area contributed by atoms with E-state index in [9.17, 15) is 10.6 Å². The summed E-state index contributed by atoms with van der Waals surface area (Å²) in [5.41, 5.74) is 0. The molecule has 0 aliphatic rings. The maximum absolute atomic E-state index is 9.81. The predicted molar refractivity (Wildman–Crippen MR) is 26.1 cm³/mol. The van der Waals surface area contributed by atoms with Crippen molar-refractivity contribution in [1.29, 1.82) is 0 Å². The SMILES string of the molecule is [Ca+2].[F][Al]([F])[F].[H-].[H-].[H-].[H-].[H-].[Li+].[Sr+2]. The first-order valence-corrected chi connectivity index (χ1v) is 1.96. The van der Waals surface area contributed by atoms with Crippen LogP contribution in [0.5, 0.6) is 0 Å².